The molecule has 0 aromatic rings. The minimum atomic E-state index is -1.38. The minimum absolute atomic E-state index is 0.0429. The van der Waals surface area contributed by atoms with Crippen molar-refractivity contribution in [3.8, 4) is 23.3 Å². The van der Waals surface area contributed by atoms with Crippen molar-refractivity contribution in [2.24, 2.45) is 0 Å². The zero-order valence-corrected chi connectivity index (χ0v) is 15.1. The van der Waals surface area contributed by atoms with Gasteiger partial charge in [0.15, 0.2) is 6.29 Å². The molecule has 1 aliphatic carbocycles. The fourth-order valence-electron chi connectivity index (χ4n) is 2.73. The zero-order chi connectivity index (χ0) is 16.1. The fraction of sp³-hybridized carbons (Fsp3) is 0.778. The maximum Gasteiger partial charge on any atom is 0.157 e. The molecule has 0 amide bonds. The monoisotopic (exact) mass is 320 g/mol. The normalized spacial score (nSPS) is 32.4. The maximum absolute atomic E-state index is 10.5. The van der Waals surface area contributed by atoms with E-state index >= 15 is 0 Å². The summed E-state index contributed by atoms with van der Waals surface area (Å²) in [6.07, 6.45) is 6.46. The first-order valence-electron chi connectivity index (χ1n) is 8.40. The first-order chi connectivity index (χ1) is 10.4. The highest BCUT2D eigenvalue weighted by Gasteiger charge is 2.33. The lowest BCUT2D eigenvalue weighted by Crippen LogP contribution is -2.37. The third kappa shape index (κ3) is 6.14. The largest absolute Gasteiger partial charge is 0.378 e. The van der Waals surface area contributed by atoms with Crippen molar-refractivity contribution in [2.75, 3.05) is 6.61 Å². The summed E-state index contributed by atoms with van der Waals surface area (Å²) in [6, 6.07) is 0. The Morgan fingerprint density at radius 2 is 1.82 bits per heavy atom. The van der Waals surface area contributed by atoms with Gasteiger partial charge in [-0.3, -0.25) is 0 Å². The Kier molecular flexibility index (Phi) is 6.12. The Balaban J connectivity index is 1.79. The van der Waals surface area contributed by atoms with Gasteiger partial charge in [-0.15, -0.1) is 5.54 Å². The van der Waals surface area contributed by atoms with Gasteiger partial charge >= 0.3 is 0 Å². The molecule has 22 heavy (non-hydrogen) atoms. The molecule has 3 nitrogen and oxygen atoms in total. The van der Waals surface area contributed by atoms with Crippen LogP contribution in [0.5, 0.6) is 0 Å². The van der Waals surface area contributed by atoms with Gasteiger partial charge in [-0.1, -0.05) is 25.6 Å². The summed E-state index contributed by atoms with van der Waals surface area (Å²) in [4.78, 5) is 0. The molecule has 1 heterocycles. The van der Waals surface area contributed by atoms with Crippen LogP contribution in [0.4, 0.5) is 0 Å². The molecule has 2 fully saturated rings. The molecule has 1 atom stereocenters. The van der Waals surface area contributed by atoms with Gasteiger partial charge in [-0.05, 0) is 56.8 Å². The van der Waals surface area contributed by atoms with E-state index in [2.05, 4.69) is 42.9 Å². The molecule has 1 N–H and O–H groups in total. The zero-order valence-electron chi connectivity index (χ0n) is 14.1. The SMILES string of the molecule is C[Si](C)(C)C#CC#CC1(O)CCC(OC2CCCCO2)CC1. The van der Waals surface area contributed by atoms with Gasteiger partial charge in [0, 0.05) is 6.61 Å². The quantitative estimate of drug-likeness (QED) is 0.628. The summed E-state index contributed by atoms with van der Waals surface area (Å²) in [5, 5.41) is 10.5. The van der Waals surface area contributed by atoms with E-state index in [9.17, 15) is 5.11 Å². The highest BCUT2D eigenvalue weighted by Crippen LogP contribution is 2.31. The average Bonchev–Trinajstić information content (AvgIpc) is 2.47. The Hall–Kier alpha value is -0.783. The lowest BCUT2D eigenvalue weighted by atomic mass is 9.84. The number of ether oxygens (including phenoxy) is 2. The van der Waals surface area contributed by atoms with Crippen molar-refractivity contribution in [3.63, 3.8) is 0 Å². The molecule has 2 aliphatic rings. The topological polar surface area (TPSA) is 38.7 Å². The van der Waals surface area contributed by atoms with E-state index in [4.69, 9.17) is 9.47 Å². The smallest absolute Gasteiger partial charge is 0.157 e. The standard InChI is InChI=1S/C18H28O3Si/c1-22(2,3)15-7-5-11-18(19)12-9-16(10-13-18)21-17-8-4-6-14-20-17/h16-17,19H,4,6,8-10,12-14H2,1-3H3. The van der Waals surface area contributed by atoms with E-state index in [0.29, 0.717) is 12.8 Å². The summed E-state index contributed by atoms with van der Waals surface area (Å²) in [7, 11) is -1.38. The van der Waals surface area contributed by atoms with Crippen LogP contribution in [0, 0.1) is 23.3 Å². The molecule has 4 heteroatoms. The molecule has 0 radical (unpaired) electrons. The minimum Gasteiger partial charge on any atom is -0.378 e. The highest BCUT2D eigenvalue weighted by molar-refractivity contribution is 6.83. The number of rotatable bonds is 2. The highest BCUT2D eigenvalue weighted by atomic mass is 28.3. The molecule has 0 aromatic heterocycles. The van der Waals surface area contributed by atoms with E-state index in [1.54, 1.807) is 0 Å². The van der Waals surface area contributed by atoms with Crippen molar-refractivity contribution in [1.29, 1.82) is 0 Å². The van der Waals surface area contributed by atoms with Crippen LogP contribution >= 0.6 is 0 Å². The Morgan fingerprint density at radius 3 is 2.41 bits per heavy atom. The Bertz CT molecular complexity index is 472. The van der Waals surface area contributed by atoms with Gasteiger partial charge in [-0.2, -0.15) is 0 Å². The van der Waals surface area contributed by atoms with E-state index in [1.807, 2.05) is 0 Å². The lowest BCUT2D eigenvalue weighted by molar-refractivity contribution is -0.198. The van der Waals surface area contributed by atoms with E-state index in [1.165, 1.54) is 6.42 Å². The lowest BCUT2D eigenvalue weighted by Gasteiger charge is -2.34. The van der Waals surface area contributed by atoms with Gasteiger partial charge in [0.1, 0.15) is 13.7 Å². The van der Waals surface area contributed by atoms with Gasteiger partial charge in [0.25, 0.3) is 0 Å². The van der Waals surface area contributed by atoms with Crippen LogP contribution in [0.2, 0.25) is 19.6 Å². The molecule has 0 spiro atoms. The number of aliphatic hydroxyl groups is 1. The van der Waals surface area contributed by atoms with Crippen LogP contribution in [0.1, 0.15) is 44.9 Å². The summed E-state index contributed by atoms with van der Waals surface area (Å²) >= 11 is 0. The molecule has 2 rings (SSSR count). The number of hydrogen-bond acceptors (Lipinski definition) is 3. The van der Waals surface area contributed by atoms with Gasteiger partial charge in [-0.25, -0.2) is 0 Å². The summed E-state index contributed by atoms with van der Waals surface area (Å²) in [5.41, 5.74) is 2.32. The molecular formula is C18H28O3Si. The molecule has 1 unspecified atom stereocenters. The molecule has 1 aliphatic heterocycles. The van der Waals surface area contributed by atoms with Crippen molar-refractivity contribution in [1.82, 2.24) is 0 Å². The maximum atomic E-state index is 10.5. The van der Waals surface area contributed by atoms with E-state index in [-0.39, 0.29) is 12.4 Å². The molecule has 1 saturated carbocycles. The molecule has 0 aromatic carbocycles. The number of hydrogen-bond donors (Lipinski definition) is 1. The van der Waals surface area contributed by atoms with Crippen LogP contribution in [0.3, 0.4) is 0 Å². The van der Waals surface area contributed by atoms with E-state index in [0.717, 1.165) is 32.3 Å². The van der Waals surface area contributed by atoms with Crippen LogP contribution in [-0.4, -0.2) is 37.8 Å². The summed E-state index contributed by atoms with van der Waals surface area (Å²) in [6.45, 7) is 7.37. The van der Waals surface area contributed by atoms with Gasteiger partial charge in [0.05, 0.1) is 6.10 Å². The van der Waals surface area contributed by atoms with Crippen molar-refractivity contribution >= 4 is 8.07 Å². The van der Waals surface area contributed by atoms with Gasteiger partial charge < -0.3 is 14.6 Å². The van der Waals surface area contributed by atoms with Crippen molar-refractivity contribution < 1.29 is 14.6 Å². The van der Waals surface area contributed by atoms with Crippen molar-refractivity contribution in [3.05, 3.63) is 0 Å². The Labute approximate surface area is 135 Å². The predicted molar refractivity (Wildman–Crippen MR) is 90.8 cm³/mol. The van der Waals surface area contributed by atoms with E-state index < -0.39 is 13.7 Å². The van der Waals surface area contributed by atoms with Crippen LogP contribution in [0.15, 0.2) is 0 Å². The molecule has 1 saturated heterocycles. The third-order valence-electron chi connectivity index (χ3n) is 4.04. The second-order valence-electron chi connectivity index (χ2n) is 7.41. The average molecular weight is 321 g/mol. The molecular weight excluding hydrogens is 292 g/mol. The van der Waals surface area contributed by atoms with Crippen LogP contribution < -0.4 is 0 Å². The molecule has 122 valence electrons. The second kappa shape index (κ2) is 7.66. The first-order valence-corrected chi connectivity index (χ1v) is 11.9. The Morgan fingerprint density at radius 1 is 1.09 bits per heavy atom. The second-order valence-corrected chi connectivity index (χ2v) is 12.2. The summed E-state index contributed by atoms with van der Waals surface area (Å²) in [5.74, 6) is 8.73. The first kappa shape index (κ1) is 17.6. The summed E-state index contributed by atoms with van der Waals surface area (Å²) < 4.78 is 11.6. The van der Waals surface area contributed by atoms with Gasteiger partial charge in [0.2, 0.25) is 0 Å². The van der Waals surface area contributed by atoms with Crippen LogP contribution in [-0.2, 0) is 9.47 Å². The molecule has 0 bridgehead atoms. The van der Waals surface area contributed by atoms with Crippen LogP contribution in [0.25, 0.3) is 0 Å². The predicted octanol–water partition coefficient (Wildman–Crippen LogP) is 3.09. The fourth-order valence-corrected chi connectivity index (χ4v) is 3.17. The van der Waals surface area contributed by atoms with Crippen molar-refractivity contribution in [2.45, 2.75) is 82.6 Å². The third-order valence-corrected chi connectivity index (χ3v) is 4.91.